The second-order valence-corrected chi connectivity index (χ2v) is 9.93. The second kappa shape index (κ2) is 11.5. The zero-order valence-corrected chi connectivity index (χ0v) is 22.7. The highest BCUT2D eigenvalue weighted by molar-refractivity contribution is 7.07. The summed E-state index contributed by atoms with van der Waals surface area (Å²) in [5, 5.41) is 0. The summed E-state index contributed by atoms with van der Waals surface area (Å²) in [6, 6.07) is 24.2. The maximum absolute atomic E-state index is 13.7. The first-order chi connectivity index (χ1) is 19.0. The summed E-state index contributed by atoms with van der Waals surface area (Å²) < 4.78 is 18.6. The van der Waals surface area contributed by atoms with Crippen molar-refractivity contribution in [2.24, 2.45) is 4.99 Å². The summed E-state index contributed by atoms with van der Waals surface area (Å²) in [6.45, 7) is 4.23. The molecule has 1 aliphatic heterocycles. The third-order valence-electron chi connectivity index (χ3n) is 6.37. The predicted octanol–water partition coefficient (Wildman–Crippen LogP) is 4.39. The van der Waals surface area contributed by atoms with Crippen molar-refractivity contribution in [3.63, 3.8) is 0 Å². The molecule has 0 N–H and O–H groups in total. The maximum Gasteiger partial charge on any atom is 0.338 e. The van der Waals surface area contributed by atoms with Crippen LogP contribution in [0.2, 0.25) is 0 Å². The fourth-order valence-electron chi connectivity index (χ4n) is 4.45. The van der Waals surface area contributed by atoms with Crippen LogP contribution in [0.1, 0.15) is 36.6 Å². The lowest BCUT2D eigenvalue weighted by molar-refractivity contribution is -0.139. The molecule has 1 unspecified atom stereocenters. The van der Waals surface area contributed by atoms with Crippen LogP contribution >= 0.6 is 11.3 Å². The van der Waals surface area contributed by atoms with Crippen LogP contribution in [-0.4, -0.2) is 24.3 Å². The summed E-state index contributed by atoms with van der Waals surface area (Å²) in [6.07, 6.45) is 1.83. The molecule has 198 valence electrons. The standard InChI is InChI=1S/C31H28N2O5S/c1-4-37-30(35)27-20(2)32-31-33(28(27)23-12-16-24(36-3)17-13-23)29(34)26(39-31)18-21-10-14-25(15-11-21)38-19-22-8-6-5-7-9-22/h5-18,28H,4,19H2,1-3H3/b26-18-. The Kier molecular flexibility index (Phi) is 7.74. The molecule has 1 aliphatic rings. The highest BCUT2D eigenvalue weighted by Gasteiger charge is 2.33. The van der Waals surface area contributed by atoms with Crippen LogP contribution in [0.5, 0.6) is 11.5 Å². The van der Waals surface area contributed by atoms with Gasteiger partial charge in [-0.2, -0.15) is 0 Å². The zero-order chi connectivity index (χ0) is 27.4. The van der Waals surface area contributed by atoms with E-state index in [1.165, 1.54) is 11.3 Å². The molecule has 8 heteroatoms. The third-order valence-corrected chi connectivity index (χ3v) is 7.36. The number of carbonyl (C=O) groups excluding carboxylic acids is 1. The third kappa shape index (κ3) is 5.56. The molecule has 2 heterocycles. The van der Waals surface area contributed by atoms with Crippen LogP contribution in [0.15, 0.2) is 99.9 Å². The Morgan fingerprint density at radius 1 is 1.00 bits per heavy atom. The lowest BCUT2D eigenvalue weighted by Crippen LogP contribution is -2.39. The fourth-order valence-corrected chi connectivity index (χ4v) is 5.49. The van der Waals surface area contributed by atoms with Crippen LogP contribution < -0.4 is 24.4 Å². The molecule has 0 fully saturated rings. The number of aromatic nitrogens is 1. The molecule has 39 heavy (non-hydrogen) atoms. The van der Waals surface area contributed by atoms with Crippen molar-refractivity contribution in [2.45, 2.75) is 26.5 Å². The Morgan fingerprint density at radius 2 is 1.69 bits per heavy atom. The summed E-state index contributed by atoms with van der Waals surface area (Å²) in [5.74, 6) is 0.937. The van der Waals surface area contributed by atoms with E-state index < -0.39 is 12.0 Å². The smallest absolute Gasteiger partial charge is 0.338 e. The van der Waals surface area contributed by atoms with Crippen molar-refractivity contribution in [3.05, 3.63) is 127 Å². The van der Waals surface area contributed by atoms with Crippen LogP contribution in [-0.2, 0) is 16.1 Å². The molecule has 0 radical (unpaired) electrons. The van der Waals surface area contributed by atoms with Crippen LogP contribution in [0, 0.1) is 0 Å². The Balaban J connectivity index is 1.51. The van der Waals surface area contributed by atoms with Gasteiger partial charge in [0.25, 0.3) is 5.56 Å². The van der Waals surface area contributed by atoms with E-state index in [4.69, 9.17) is 14.2 Å². The van der Waals surface area contributed by atoms with Crippen molar-refractivity contribution in [3.8, 4) is 11.5 Å². The molecule has 1 aromatic heterocycles. The van der Waals surface area contributed by atoms with Crippen LogP contribution in [0.25, 0.3) is 6.08 Å². The number of rotatable bonds is 8. The molecule has 3 aromatic carbocycles. The highest BCUT2D eigenvalue weighted by Crippen LogP contribution is 2.31. The normalized spacial score (nSPS) is 14.9. The number of carbonyl (C=O) groups is 1. The Bertz CT molecular complexity index is 1690. The highest BCUT2D eigenvalue weighted by atomic mass is 32.1. The van der Waals surface area contributed by atoms with Gasteiger partial charge in [-0.3, -0.25) is 9.36 Å². The van der Waals surface area contributed by atoms with Gasteiger partial charge in [-0.1, -0.05) is 65.9 Å². The van der Waals surface area contributed by atoms with Gasteiger partial charge in [0.05, 0.1) is 35.6 Å². The van der Waals surface area contributed by atoms with E-state index in [9.17, 15) is 9.59 Å². The zero-order valence-electron chi connectivity index (χ0n) is 21.9. The van der Waals surface area contributed by atoms with E-state index in [1.807, 2.05) is 84.9 Å². The maximum atomic E-state index is 13.7. The van der Waals surface area contributed by atoms with Crippen molar-refractivity contribution in [1.82, 2.24) is 4.57 Å². The number of thiazole rings is 1. The molecule has 5 rings (SSSR count). The number of nitrogens with zero attached hydrogens (tertiary/aromatic N) is 2. The number of allylic oxidation sites excluding steroid dienone is 1. The number of hydrogen-bond donors (Lipinski definition) is 0. The SMILES string of the molecule is CCOC(=O)C1=C(C)N=c2s/c(=C\c3ccc(OCc4ccccc4)cc3)c(=O)n2C1c1ccc(OC)cc1. The lowest BCUT2D eigenvalue weighted by Gasteiger charge is -2.24. The molecular weight excluding hydrogens is 512 g/mol. The fraction of sp³-hybridized carbons (Fsp3) is 0.194. The minimum absolute atomic E-state index is 0.223. The topological polar surface area (TPSA) is 79.1 Å². The number of benzene rings is 3. The Hall–Kier alpha value is -4.43. The molecule has 4 aromatic rings. The first kappa shape index (κ1) is 26.2. The van der Waals surface area contributed by atoms with Gasteiger partial charge in [-0.25, -0.2) is 9.79 Å². The van der Waals surface area contributed by atoms with Crippen LogP contribution in [0.4, 0.5) is 0 Å². The van der Waals surface area contributed by atoms with E-state index >= 15 is 0 Å². The van der Waals surface area contributed by atoms with E-state index in [-0.39, 0.29) is 12.2 Å². The molecule has 0 aliphatic carbocycles. The first-order valence-electron chi connectivity index (χ1n) is 12.6. The van der Waals surface area contributed by atoms with Gasteiger partial charge >= 0.3 is 5.97 Å². The Morgan fingerprint density at radius 3 is 2.36 bits per heavy atom. The molecule has 0 spiro atoms. The summed E-state index contributed by atoms with van der Waals surface area (Å²) >= 11 is 1.29. The number of hydrogen-bond acceptors (Lipinski definition) is 7. The van der Waals surface area contributed by atoms with E-state index in [0.717, 1.165) is 22.4 Å². The van der Waals surface area contributed by atoms with Gasteiger partial charge in [0.2, 0.25) is 0 Å². The van der Waals surface area contributed by atoms with Gasteiger partial charge in [0, 0.05) is 0 Å². The molecule has 0 bridgehead atoms. The molecule has 7 nitrogen and oxygen atoms in total. The average molecular weight is 541 g/mol. The predicted molar refractivity (Wildman–Crippen MR) is 151 cm³/mol. The van der Waals surface area contributed by atoms with Crippen molar-refractivity contribution >= 4 is 23.4 Å². The summed E-state index contributed by atoms with van der Waals surface area (Å²) in [7, 11) is 1.59. The van der Waals surface area contributed by atoms with Gasteiger partial charge < -0.3 is 14.2 Å². The number of fused-ring (bicyclic) bond motifs is 1. The minimum Gasteiger partial charge on any atom is -0.497 e. The average Bonchev–Trinajstić information content (AvgIpc) is 3.26. The lowest BCUT2D eigenvalue weighted by atomic mass is 9.96. The molecule has 0 saturated carbocycles. The molecular formula is C31H28N2O5S. The number of ether oxygens (including phenoxy) is 3. The van der Waals surface area contributed by atoms with Gasteiger partial charge in [-0.05, 0) is 60.9 Å². The van der Waals surface area contributed by atoms with E-state index in [0.29, 0.717) is 33.0 Å². The van der Waals surface area contributed by atoms with Crippen molar-refractivity contribution in [1.29, 1.82) is 0 Å². The van der Waals surface area contributed by atoms with Crippen LogP contribution in [0.3, 0.4) is 0 Å². The van der Waals surface area contributed by atoms with Crippen molar-refractivity contribution in [2.75, 3.05) is 13.7 Å². The Labute approximate surface area is 229 Å². The van der Waals surface area contributed by atoms with E-state index in [1.54, 1.807) is 25.5 Å². The van der Waals surface area contributed by atoms with E-state index in [2.05, 4.69) is 4.99 Å². The quantitative estimate of drug-likeness (QED) is 0.310. The summed E-state index contributed by atoms with van der Waals surface area (Å²) in [5.41, 5.74) is 3.36. The van der Waals surface area contributed by atoms with Crippen molar-refractivity contribution < 1.29 is 19.0 Å². The number of esters is 1. The first-order valence-corrected chi connectivity index (χ1v) is 13.4. The monoisotopic (exact) mass is 540 g/mol. The molecule has 1 atom stereocenters. The van der Waals surface area contributed by atoms with Gasteiger partial charge in [0.15, 0.2) is 4.80 Å². The molecule has 0 saturated heterocycles. The largest absolute Gasteiger partial charge is 0.497 e. The van der Waals surface area contributed by atoms with Gasteiger partial charge in [0.1, 0.15) is 18.1 Å². The second-order valence-electron chi connectivity index (χ2n) is 8.92. The van der Waals surface area contributed by atoms with Gasteiger partial charge in [-0.15, -0.1) is 0 Å². The summed E-state index contributed by atoms with van der Waals surface area (Å²) in [4.78, 5) is 31.9. The molecule has 0 amide bonds. The number of methoxy groups -OCH3 is 1. The minimum atomic E-state index is -0.665.